The Morgan fingerprint density at radius 2 is 0.528 bits per heavy atom. The van der Waals surface area contributed by atoms with Crippen molar-refractivity contribution in [3.8, 4) is 0 Å². The zero-order valence-electron chi connectivity index (χ0n) is 47.7. The zero-order valence-corrected chi connectivity index (χ0v) is 47.7. The van der Waals surface area contributed by atoms with Crippen molar-refractivity contribution in [2.24, 2.45) is 0 Å². The maximum absolute atomic E-state index is 13.7. The van der Waals surface area contributed by atoms with Crippen LogP contribution in [0.5, 0.6) is 0 Å². The number of aliphatic hydroxyl groups is 1. The summed E-state index contributed by atoms with van der Waals surface area (Å²) in [6.45, 7) is 8.64. The normalized spacial score (nSPS) is 17.8. The van der Waals surface area contributed by atoms with E-state index in [4.69, 9.17) is 23.7 Å². The molecule has 424 valence electrons. The summed E-state index contributed by atoms with van der Waals surface area (Å²) in [5, 5.41) is 11.5. The molecule has 0 bridgehead atoms. The fraction of sp³-hybridized carbons (Fsp3) is 0.935. The van der Waals surface area contributed by atoms with E-state index in [0.29, 0.717) is 25.7 Å². The lowest BCUT2D eigenvalue weighted by Crippen LogP contribution is -2.62. The van der Waals surface area contributed by atoms with E-state index in [9.17, 15) is 24.3 Å². The third kappa shape index (κ3) is 40.2. The van der Waals surface area contributed by atoms with E-state index in [0.717, 1.165) is 77.0 Å². The van der Waals surface area contributed by atoms with Gasteiger partial charge in [0.05, 0.1) is 0 Å². The number of aliphatic hydroxyl groups excluding tert-OH is 1. The summed E-state index contributed by atoms with van der Waals surface area (Å²) < 4.78 is 29.9. The van der Waals surface area contributed by atoms with Crippen LogP contribution in [0.15, 0.2) is 0 Å². The van der Waals surface area contributed by atoms with Gasteiger partial charge in [-0.1, -0.05) is 285 Å². The first-order valence-corrected chi connectivity index (χ1v) is 31.3. The molecule has 0 unspecified atom stereocenters. The van der Waals surface area contributed by atoms with Crippen molar-refractivity contribution in [3.05, 3.63) is 0 Å². The Bertz CT molecular complexity index is 1240. The number of hydrogen-bond acceptors (Lipinski definition) is 10. The predicted octanol–water partition coefficient (Wildman–Crippen LogP) is 17.8. The molecule has 0 saturated carbocycles. The lowest BCUT2D eigenvalue weighted by molar-refractivity contribution is -0.297. The van der Waals surface area contributed by atoms with Crippen molar-refractivity contribution in [2.75, 3.05) is 6.61 Å². The number of rotatable bonds is 53. The highest BCUT2D eigenvalue weighted by Crippen LogP contribution is 2.30. The van der Waals surface area contributed by atoms with Gasteiger partial charge in [0, 0.05) is 25.7 Å². The molecule has 0 aromatic carbocycles. The lowest BCUT2D eigenvalue weighted by Gasteiger charge is -2.43. The van der Waals surface area contributed by atoms with Crippen molar-refractivity contribution in [1.29, 1.82) is 0 Å². The van der Waals surface area contributed by atoms with Gasteiger partial charge in [0.25, 0.3) is 0 Å². The second-order valence-corrected chi connectivity index (χ2v) is 21.8. The Morgan fingerprint density at radius 3 is 0.806 bits per heavy atom. The summed E-state index contributed by atoms with van der Waals surface area (Å²) >= 11 is 0. The summed E-state index contributed by atoms with van der Waals surface area (Å²) in [5.74, 6) is -1.95. The zero-order chi connectivity index (χ0) is 52.4. The molecule has 0 aliphatic carbocycles. The molecule has 0 aromatic heterocycles. The van der Waals surface area contributed by atoms with Crippen LogP contribution in [0.2, 0.25) is 0 Å². The second kappa shape index (κ2) is 50.9. The van der Waals surface area contributed by atoms with Crippen LogP contribution >= 0.6 is 0 Å². The molecular weight excluding hydrogens is 905 g/mol. The fourth-order valence-corrected chi connectivity index (χ4v) is 10.0. The average molecular weight is 1020 g/mol. The molecule has 0 spiro atoms. The molecule has 1 saturated heterocycles. The molecule has 0 radical (unpaired) electrons. The topological polar surface area (TPSA) is 135 Å². The molecule has 1 heterocycles. The van der Waals surface area contributed by atoms with Crippen LogP contribution in [-0.2, 0) is 42.9 Å². The van der Waals surface area contributed by atoms with Crippen LogP contribution in [-0.4, -0.2) is 66.3 Å². The molecule has 1 N–H and O–H groups in total. The second-order valence-electron chi connectivity index (χ2n) is 21.8. The molecule has 1 aliphatic rings. The van der Waals surface area contributed by atoms with Crippen molar-refractivity contribution in [1.82, 2.24) is 0 Å². The van der Waals surface area contributed by atoms with E-state index in [2.05, 4.69) is 27.7 Å². The van der Waals surface area contributed by atoms with Crippen molar-refractivity contribution < 1.29 is 48.0 Å². The summed E-state index contributed by atoms with van der Waals surface area (Å²) in [4.78, 5) is 53.8. The standard InChI is InChI=1S/C62H116O10/c1-5-9-13-17-21-25-29-33-37-41-45-49-55(63)68-53-54-59(70-56(64)50-46-42-38-34-30-26-22-18-14-10-6-2)60(71-57(65)51-47-43-39-35-31-27-23-19-15-11-7-3)61(62(67)69-54)72-58(66)52-48-44-40-36-32-28-24-20-16-12-8-4/h54,59-62,67H,5-53H2,1-4H3/t54-,59-,60+,61-,62-/m1/s1. The molecule has 1 fully saturated rings. The third-order valence-electron chi connectivity index (χ3n) is 14.8. The molecule has 0 aromatic rings. The Hall–Kier alpha value is -2.20. The number of carbonyl (C=O) groups is 4. The third-order valence-corrected chi connectivity index (χ3v) is 14.8. The number of esters is 4. The fourth-order valence-electron chi connectivity index (χ4n) is 10.0. The van der Waals surface area contributed by atoms with Crippen LogP contribution in [0.3, 0.4) is 0 Å². The first-order valence-electron chi connectivity index (χ1n) is 31.3. The summed E-state index contributed by atoms with van der Waals surface area (Å²) in [6.07, 6.45) is 44.5. The Kier molecular flexibility index (Phi) is 48.0. The molecule has 1 aliphatic heterocycles. The van der Waals surface area contributed by atoms with E-state index < -0.39 is 54.6 Å². The minimum Gasteiger partial charge on any atom is -0.463 e. The van der Waals surface area contributed by atoms with Gasteiger partial charge in [-0.15, -0.1) is 0 Å². The number of ether oxygens (including phenoxy) is 5. The van der Waals surface area contributed by atoms with Gasteiger partial charge in [-0.2, -0.15) is 0 Å². The Balaban J connectivity index is 2.99. The molecular formula is C62H116O10. The highest BCUT2D eigenvalue weighted by Gasteiger charge is 2.52. The van der Waals surface area contributed by atoms with Gasteiger partial charge in [0.2, 0.25) is 0 Å². The van der Waals surface area contributed by atoms with Gasteiger partial charge >= 0.3 is 23.9 Å². The Labute approximate surface area is 443 Å². The van der Waals surface area contributed by atoms with Crippen LogP contribution in [0.1, 0.15) is 336 Å². The van der Waals surface area contributed by atoms with Crippen LogP contribution < -0.4 is 0 Å². The summed E-state index contributed by atoms with van der Waals surface area (Å²) in [5.41, 5.74) is 0. The van der Waals surface area contributed by atoms with Crippen LogP contribution in [0.25, 0.3) is 0 Å². The summed E-state index contributed by atoms with van der Waals surface area (Å²) in [6, 6.07) is 0. The first kappa shape index (κ1) is 67.8. The van der Waals surface area contributed by atoms with E-state index in [-0.39, 0.29) is 32.3 Å². The lowest BCUT2D eigenvalue weighted by atomic mass is 9.97. The van der Waals surface area contributed by atoms with Gasteiger partial charge < -0.3 is 28.8 Å². The average Bonchev–Trinajstić information content (AvgIpc) is 3.37. The van der Waals surface area contributed by atoms with Crippen LogP contribution in [0, 0.1) is 0 Å². The molecule has 0 amide bonds. The minimum absolute atomic E-state index is 0.141. The molecule has 1 rings (SSSR count). The van der Waals surface area contributed by atoms with Crippen molar-refractivity contribution in [2.45, 2.75) is 367 Å². The predicted molar refractivity (Wildman–Crippen MR) is 296 cm³/mol. The van der Waals surface area contributed by atoms with E-state index >= 15 is 0 Å². The largest absolute Gasteiger partial charge is 0.463 e. The highest BCUT2D eigenvalue weighted by molar-refractivity contribution is 5.72. The maximum Gasteiger partial charge on any atom is 0.306 e. The molecule has 5 atom stereocenters. The summed E-state index contributed by atoms with van der Waals surface area (Å²) in [7, 11) is 0. The SMILES string of the molecule is CCCCCCCCCCCCCC(=O)OC[C@H]1O[C@@H](O)[C@H](OC(=O)CCCCCCCCCCCCC)[C@@H](OC(=O)CCCCCCCCCCCCC)[C@@H]1OC(=O)CCCCCCCCCCCCC. The molecule has 72 heavy (non-hydrogen) atoms. The highest BCUT2D eigenvalue weighted by atomic mass is 16.7. The van der Waals surface area contributed by atoms with Crippen LogP contribution in [0.4, 0.5) is 0 Å². The first-order chi connectivity index (χ1) is 35.3. The van der Waals surface area contributed by atoms with Gasteiger partial charge in [0.15, 0.2) is 24.6 Å². The Morgan fingerprint density at radius 1 is 0.306 bits per heavy atom. The van der Waals surface area contributed by atoms with Gasteiger partial charge in [-0.3, -0.25) is 19.2 Å². The number of carbonyl (C=O) groups excluding carboxylic acids is 4. The molecule has 10 heteroatoms. The monoisotopic (exact) mass is 1020 g/mol. The maximum atomic E-state index is 13.7. The number of hydrogen-bond donors (Lipinski definition) is 1. The van der Waals surface area contributed by atoms with E-state index in [1.54, 1.807) is 0 Å². The van der Waals surface area contributed by atoms with Crippen molar-refractivity contribution in [3.63, 3.8) is 0 Å². The van der Waals surface area contributed by atoms with Gasteiger partial charge in [0.1, 0.15) is 12.7 Å². The molecule has 10 nitrogen and oxygen atoms in total. The van der Waals surface area contributed by atoms with Crippen molar-refractivity contribution >= 4 is 23.9 Å². The van der Waals surface area contributed by atoms with E-state index in [1.807, 2.05) is 0 Å². The number of unbranched alkanes of at least 4 members (excludes halogenated alkanes) is 40. The van der Waals surface area contributed by atoms with E-state index in [1.165, 1.54) is 180 Å². The quantitative estimate of drug-likeness (QED) is 0.0356. The minimum atomic E-state index is -1.69. The smallest absolute Gasteiger partial charge is 0.306 e. The van der Waals surface area contributed by atoms with Gasteiger partial charge in [-0.25, -0.2) is 0 Å². The van der Waals surface area contributed by atoms with Gasteiger partial charge in [-0.05, 0) is 25.7 Å².